The average Bonchev–Trinajstić information content (AvgIpc) is 2.16. The van der Waals surface area contributed by atoms with Crippen molar-refractivity contribution in [1.82, 2.24) is 5.32 Å². The lowest BCUT2D eigenvalue weighted by Gasteiger charge is -2.19. The molecule has 2 N–H and O–H groups in total. The van der Waals surface area contributed by atoms with Crippen LogP contribution in [0.3, 0.4) is 0 Å². The Hall–Kier alpha value is -0.120. The van der Waals surface area contributed by atoms with E-state index in [9.17, 15) is 0 Å². The predicted octanol–water partition coefficient (Wildman–Crippen LogP) is 1.02. The highest BCUT2D eigenvalue weighted by molar-refractivity contribution is 4.66. The van der Waals surface area contributed by atoms with Crippen LogP contribution in [0.1, 0.15) is 27.2 Å². The molecule has 3 heteroatoms. The second kappa shape index (κ2) is 8.48. The molecule has 0 radical (unpaired) electrons. The molecule has 0 fully saturated rings. The van der Waals surface area contributed by atoms with Gasteiger partial charge in [-0.25, -0.2) is 0 Å². The molecule has 2 unspecified atom stereocenters. The summed E-state index contributed by atoms with van der Waals surface area (Å²) in [6.45, 7) is 8.74. The Morgan fingerprint density at radius 1 is 1.31 bits per heavy atom. The summed E-state index contributed by atoms with van der Waals surface area (Å²) in [6, 6.07) is 0.544. The van der Waals surface area contributed by atoms with Crippen LogP contribution in [0.5, 0.6) is 0 Å². The Morgan fingerprint density at radius 2 is 2.00 bits per heavy atom. The zero-order chi connectivity index (χ0) is 10.1. The summed E-state index contributed by atoms with van der Waals surface area (Å²) in [5, 5.41) is 11.8. The third-order valence-electron chi connectivity index (χ3n) is 2.45. The first-order chi connectivity index (χ1) is 6.22. The van der Waals surface area contributed by atoms with Gasteiger partial charge in [-0.05, 0) is 12.8 Å². The molecule has 0 saturated carbocycles. The molecule has 2 atom stereocenters. The molecule has 0 heterocycles. The van der Waals surface area contributed by atoms with Crippen LogP contribution in [0, 0.1) is 5.92 Å². The molecule has 0 aliphatic heterocycles. The maximum atomic E-state index is 8.46. The van der Waals surface area contributed by atoms with Gasteiger partial charge >= 0.3 is 0 Å². The Morgan fingerprint density at radius 3 is 2.54 bits per heavy atom. The van der Waals surface area contributed by atoms with Crippen molar-refractivity contribution >= 4 is 0 Å². The monoisotopic (exact) mass is 189 g/mol. The van der Waals surface area contributed by atoms with Crippen LogP contribution >= 0.6 is 0 Å². The van der Waals surface area contributed by atoms with Crippen LogP contribution in [0.2, 0.25) is 0 Å². The van der Waals surface area contributed by atoms with E-state index in [0.29, 0.717) is 25.2 Å². The molecule has 0 rings (SSSR count). The highest BCUT2D eigenvalue weighted by atomic mass is 16.5. The fourth-order valence-corrected chi connectivity index (χ4v) is 1.08. The Bertz CT molecular complexity index is 109. The van der Waals surface area contributed by atoms with E-state index in [-0.39, 0.29) is 6.61 Å². The molecule has 80 valence electrons. The summed E-state index contributed by atoms with van der Waals surface area (Å²) in [6.07, 6.45) is 1.20. The van der Waals surface area contributed by atoms with Crippen molar-refractivity contribution in [2.24, 2.45) is 5.92 Å². The van der Waals surface area contributed by atoms with Gasteiger partial charge in [-0.2, -0.15) is 0 Å². The summed E-state index contributed by atoms with van der Waals surface area (Å²) in [4.78, 5) is 0. The van der Waals surface area contributed by atoms with Gasteiger partial charge in [0.15, 0.2) is 0 Å². The third-order valence-corrected chi connectivity index (χ3v) is 2.45. The van der Waals surface area contributed by atoms with Crippen molar-refractivity contribution in [2.75, 3.05) is 26.4 Å². The number of ether oxygens (including phenoxy) is 1. The zero-order valence-electron chi connectivity index (χ0n) is 9.05. The van der Waals surface area contributed by atoms with E-state index in [4.69, 9.17) is 9.84 Å². The smallest absolute Gasteiger partial charge is 0.0698 e. The highest BCUT2D eigenvalue weighted by Crippen LogP contribution is 2.05. The minimum atomic E-state index is 0.112. The van der Waals surface area contributed by atoms with Crippen LogP contribution in [0.4, 0.5) is 0 Å². The van der Waals surface area contributed by atoms with Gasteiger partial charge in [-0.3, -0.25) is 0 Å². The predicted molar refractivity (Wildman–Crippen MR) is 54.8 cm³/mol. The van der Waals surface area contributed by atoms with Gasteiger partial charge in [0, 0.05) is 12.6 Å². The van der Waals surface area contributed by atoms with Gasteiger partial charge in [0.2, 0.25) is 0 Å². The topological polar surface area (TPSA) is 41.5 Å². The molecule has 3 nitrogen and oxygen atoms in total. The quantitative estimate of drug-likeness (QED) is 0.560. The zero-order valence-corrected chi connectivity index (χ0v) is 9.05. The molecule has 0 aromatic heterocycles. The van der Waals surface area contributed by atoms with Crippen LogP contribution in [-0.2, 0) is 4.74 Å². The third kappa shape index (κ3) is 6.99. The van der Waals surface area contributed by atoms with Crippen molar-refractivity contribution < 1.29 is 9.84 Å². The number of aliphatic hydroxyl groups is 1. The van der Waals surface area contributed by atoms with Gasteiger partial charge in [0.1, 0.15) is 0 Å². The molecule has 0 aliphatic carbocycles. The lowest BCUT2D eigenvalue weighted by molar-refractivity contribution is 0.0918. The fourth-order valence-electron chi connectivity index (χ4n) is 1.08. The number of aliphatic hydroxyl groups excluding tert-OH is 1. The second-order valence-corrected chi connectivity index (χ2v) is 3.46. The van der Waals surface area contributed by atoms with Gasteiger partial charge in [-0.15, -0.1) is 0 Å². The van der Waals surface area contributed by atoms with Crippen molar-refractivity contribution in [3.63, 3.8) is 0 Å². The molecule has 0 spiro atoms. The number of rotatable bonds is 8. The average molecular weight is 189 g/mol. The lowest BCUT2D eigenvalue weighted by Crippen LogP contribution is -2.34. The second-order valence-electron chi connectivity index (χ2n) is 3.46. The van der Waals surface area contributed by atoms with E-state index < -0.39 is 0 Å². The summed E-state index contributed by atoms with van der Waals surface area (Å²) in [5.41, 5.74) is 0. The van der Waals surface area contributed by atoms with Crippen LogP contribution in [0.15, 0.2) is 0 Å². The summed E-state index contributed by atoms with van der Waals surface area (Å²) < 4.78 is 5.13. The fraction of sp³-hybridized carbons (Fsp3) is 1.00. The SMILES string of the molecule is CCC(C)C(C)NCCOCCO. The molecule has 0 amide bonds. The van der Waals surface area contributed by atoms with Gasteiger partial charge in [-0.1, -0.05) is 20.3 Å². The molecular weight excluding hydrogens is 166 g/mol. The van der Waals surface area contributed by atoms with Crippen LogP contribution in [-0.4, -0.2) is 37.5 Å². The largest absolute Gasteiger partial charge is 0.394 e. The Kier molecular flexibility index (Phi) is 8.40. The first-order valence-corrected chi connectivity index (χ1v) is 5.14. The minimum absolute atomic E-state index is 0.112. The van der Waals surface area contributed by atoms with Crippen molar-refractivity contribution in [1.29, 1.82) is 0 Å². The number of hydrogen-bond acceptors (Lipinski definition) is 3. The highest BCUT2D eigenvalue weighted by Gasteiger charge is 2.07. The van der Waals surface area contributed by atoms with E-state index in [1.165, 1.54) is 6.42 Å². The van der Waals surface area contributed by atoms with Crippen molar-refractivity contribution in [3.05, 3.63) is 0 Å². The van der Waals surface area contributed by atoms with Crippen LogP contribution < -0.4 is 5.32 Å². The first kappa shape index (κ1) is 12.9. The molecular formula is C10H23NO2. The Labute approximate surface area is 81.5 Å². The summed E-state index contributed by atoms with van der Waals surface area (Å²) in [5.74, 6) is 0.706. The van der Waals surface area contributed by atoms with Crippen LogP contribution in [0.25, 0.3) is 0 Å². The number of hydrogen-bond donors (Lipinski definition) is 2. The molecule has 0 aromatic rings. The molecule has 0 saturated heterocycles. The van der Waals surface area contributed by atoms with E-state index >= 15 is 0 Å². The molecule has 0 aliphatic rings. The molecule has 0 aromatic carbocycles. The van der Waals surface area contributed by atoms with Gasteiger partial charge in [0.05, 0.1) is 19.8 Å². The summed E-state index contributed by atoms with van der Waals surface area (Å²) >= 11 is 0. The van der Waals surface area contributed by atoms with E-state index in [2.05, 4.69) is 26.1 Å². The maximum absolute atomic E-state index is 8.46. The maximum Gasteiger partial charge on any atom is 0.0698 e. The van der Waals surface area contributed by atoms with E-state index in [0.717, 1.165) is 6.54 Å². The van der Waals surface area contributed by atoms with E-state index in [1.54, 1.807) is 0 Å². The minimum Gasteiger partial charge on any atom is -0.394 e. The van der Waals surface area contributed by atoms with Crippen molar-refractivity contribution in [3.8, 4) is 0 Å². The van der Waals surface area contributed by atoms with Gasteiger partial charge in [0.25, 0.3) is 0 Å². The lowest BCUT2D eigenvalue weighted by atomic mass is 10.0. The normalized spacial score (nSPS) is 15.7. The summed E-state index contributed by atoms with van der Waals surface area (Å²) in [7, 11) is 0. The molecule has 13 heavy (non-hydrogen) atoms. The van der Waals surface area contributed by atoms with Gasteiger partial charge < -0.3 is 15.2 Å². The molecule has 0 bridgehead atoms. The standard InChI is InChI=1S/C10H23NO2/c1-4-9(2)10(3)11-5-7-13-8-6-12/h9-12H,4-8H2,1-3H3. The first-order valence-electron chi connectivity index (χ1n) is 5.14. The Balaban J connectivity index is 3.21. The van der Waals surface area contributed by atoms with E-state index in [1.807, 2.05) is 0 Å². The van der Waals surface area contributed by atoms with Crippen molar-refractivity contribution in [2.45, 2.75) is 33.2 Å². The number of nitrogens with one attached hydrogen (secondary N) is 1.